The van der Waals surface area contributed by atoms with Crippen molar-refractivity contribution < 1.29 is 19.4 Å². The highest BCUT2D eigenvalue weighted by molar-refractivity contribution is 6.00. The molecule has 1 fully saturated rings. The number of hydrogen-bond acceptors (Lipinski definition) is 4. The highest BCUT2D eigenvalue weighted by atomic mass is 16.5. The molecule has 1 N–H and O–H groups in total. The number of esters is 1. The number of ether oxygens (including phenoxy) is 1. The van der Waals surface area contributed by atoms with Crippen molar-refractivity contribution >= 4 is 11.8 Å². The third kappa shape index (κ3) is 2.80. The zero-order valence-electron chi connectivity index (χ0n) is 15.3. The fraction of sp³-hybridized carbons (Fsp3) is 0.700. The number of terminal acetylenes is 1. The number of aliphatic hydroxyl groups excluding tert-OH is 1. The van der Waals surface area contributed by atoms with Gasteiger partial charge in [0, 0.05) is 24.7 Å². The van der Waals surface area contributed by atoms with Gasteiger partial charge in [0.25, 0.3) is 0 Å². The summed E-state index contributed by atoms with van der Waals surface area (Å²) in [5, 5.41) is 10.8. The molecule has 0 unspecified atom stereocenters. The molecule has 4 heteroatoms. The molecule has 0 aromatic heterocycles. The Hall–Kier alpha value is -1.60. The van der Waals surface area contributed by atoms with Crippen molar-refractivity contribution in [2.75, 3.05) is 0 Å². The number of rotatable bonds is 3. The quantitative estimate of drug-likeness (QED) is 0.637. The van der Waals surface area contributed by atoms with E-state index in [0.717, 1.165) is 12.0 Å². The molecule has 0 saturated heterocycles. The second-order valence-electron chi connectivity index (χ2n) is 7.97. The maximum atomic E-state index is 12.6. The van der Waals surface area contributed by atoms with E-state index in [1.54, 1.807) is 6.92 Å². The fourth-order valence-electron chi connectivity index (χ4n) is 5.11. The number of hydrogen-bond donors (Lipinski definition) is 1. The largest absolute Gasteiger partial charge is 0.462 e. The van der Waals surface area contributed by atoms with Gasteiger partial charge in [-0.15, -0.1) is 12.3 Å². The molecule has 4 nitrogen and oxygen atoms in total. The van der Waals surface area contributed by atoms with E-state index >= 15 is 0 Å². The van der Waals surface area contributed by atoms with Crippen LogP contribution in [0.2, 0.25) is 0 Å². The van der Waals surface area contributed by atoms with Crippen molar-refractivity contribution in [3.8, 4) is 12.3 Å². The average Bonchev–Trinajstić information content (AvgIpc) is 2.47. The van der Waals surface area contributed by atoms with Crippen LogP contribution < -0.4 is 0 Å². The third-order valence-corrected chi connectivity index (χ3v) is 6.17. The van der Waals surface area contributed by atoms with E-state index in [-0.39, 0.29) is 29.2 Å². The molecule has 0 bridgehead atoms. The number of Topliss-reactive ketones (excluding diaryl/α,β-unsaturated/α-hetero) is 1. The van der Waals surface area contributed by atoms with E-state index in [9.17, 15) is 14.7 Å². The van der Waals surface area contributed by atoms with Crippen molar-refractivity contribution in [1.29, 1.82) is 0 Å². The molecule has 2 rings (SSSR count). The molecule has 0 radical (unpaired) electrons. The monoisotopic (exact) mass is 332 g/mol. The van der Waals surface area contributed by atoms with Crippen molar-refractivity contribution in [3.63, 3.8) is 0 Å². The van der Waals surface area contributed by atoms with Gasteiger partial charge in [-0.1, -0.05) is 26.3 Å². The Morgan fingerprint density at radius 1 is 1.42 bits per heavy atom. The predicted molar refractivity (Wildman–Crippen MR) is 91.9 cm³/mol. The van der Waals surface area contributed by atoms with E-state index in [0.29, 0.717) is 24.8 Å². The summed E-state index contributed by atoms with van der Waals surface area (Å²) in [6.45, 7) is 9.28. The molecule has 0 heterocycles. The van der Waals surface area contributed by atoms with Crippen LogP contribution in [-0.4, -0.2) is 29.1 Å². The Kier molecular flexibility index (Phi) is 4.97. The van der Waals surface area contributed by atoms with Gasteiger partial charge in [-0.05, 0) is 37.2 Å². The Bertz CT molecular complexity index is 622. The summed E-state index contributed by atoms with van der Waals surface area (Å²) in [6, 6.07) is 0. The third-order valence-electron chi connectivity index (χ3n) is 6.17. The van der Waals surface area contributed by atoms with Gasteiger partial charge in [-0.2, -0.15) is 0 Å². The zero-order valence-corrected chi connectivity index (χ0v) is 15.3. The van der Waals surface area contributed by atoms with Gasteiger partial charge in [0.05, 0.1) is 0 Å². The molecule has 0 amide bonds. The minimum Gasteiger partial charge on any atom is -0.462 e. The van der Waals surface area contributed by atoms with E-state index in [2.05, 4.69) is 12.8 Å². The van der Waals surface area contributed by atoms with Gasteiger partial charge in [0.1, 0.15) is 12.2 Å². The van der Waals surface area contributed by atoms with Gasteiger partial charge < -0.3 is 9.84 Å². The molecule has 0 aromatic rings. The van der Waals surface area contributed by atoms with Crippen LogP contribution in [0, 0.1) is 29.1 Å². The Morgan fingerprint density at radius 3 is 2.58 bits per heavy atom. The molecule has 0 aromatic carbocycles. The summed E-state index contributed by atoms with van der Waals surface area (Å²) in [5.74, 6) is 1.81. The first-order valence-electron chi connectivity index (χ1n) is 8.60. The predicted octanol–water partition coefficient (Wildman–Crippen LogP) is 3.03. The highest BCUT2D eigenvalue weighted by Crippen LogP contribution is 2.60. The molecular weight excluding hydrogens is 304 g/mol. The minimum absolute atomic E-state index is 0.221. The first-order valence-corrected chi connectivity index (χ1v) is 8.60. The van der Waals surface area contributed by atoms with Crippen LogP contribution in [0.25, 0.3) is 0 Å². The molecule has 0 aliphatic heterocycles. The highest BCUT2D eigenvalue weighted by Gasteiger charge is 2.60. The number of carbonyl (C=O) groups excluding carboxylic acids is 2. The van der Waals surface area contributed by atoms with Gasteiger partial charge >= 0.3 is 5.97 Å². The molecule has 132 valence electrons. The molecule has 1 saturated carbocycles. The van der Waals surface area contributed by atoms with Crippen LogP contribution in [0.1, 0.15) is 60.3 Å². The van der Waals surface area contributed by atoms with Crippen LogP contribution in [-0.2, 0) is 14.3 Å². The molecular formula is C20H28O4. The van der Waals surface area contributed by atoms with Crippen molar-refractivity contribution in [2.24, 2.45) is 16.7 Å². The smallest absolute Gasteiger partial charge is 0.302 e. The molecule has 2 aliphatic rings. The van der Waals surface area contributed by atoms with Gasteiger partial charge in [0.15, 0.2) is 5.78 Å². The number of aliphatic hydroxyl groups is 1. The SMILES string of the molecule is C#CCCC1=C(C)C(=O)[C@@H](O)[C@H]2C(C)(C)[C@H](OC(C)=O)CC[C@]12C. The lowest BCUT2D eigenvalue weighted by Gasteiger charge is -2.58. The number of fused-ring (bicyclic) bond motifs is 1. The lowest BCUT2D eigenvalue weighted by Crippen LogP contribution is -2.60. The lowest BCUT2D eigenvalue weighted by atomic mass is 9.48. The van der Waals surface area contributed by atoms with Crippen molar-refractivity contribution in [3.05, 3.63) is 11.1 Å². The van der Waals surface area contributed by atoms with Crippen LogP contribution in [0.15, 0.2) is 11.1 Å². The van der Waals surface area contributed by atoms with Gasteiger partial charge in [0.2, 0.25) is 0 Å². The van der Waals surface area contributed by atoms with Crippen molar-refractivity contribution in [1.82, 2.24) is 0 Å². The lowest BCUT2D eigenvalue weighted by molar-refractivity contribution is -0.178. The van der Waals surface area contributed by atoms with E-state index in [1.807, 2.05) is 13.8 Å². The van der Waals surface area contributed by atoms with Crippen LogP contribution >= 0.6 is 0 Å². The van der Waals surface area contributed by atoms with Crippen LogP contribution in [0.4, 0.5) is 0 Å². The number of carbonyl (C=O) groups is 2. The summed E-state index contributed by atoms with van der Waals surface area (Å²) in [5.41, 5.74) is 0.901. The second kappa shape index (κ2) is 6.37. The maximum Gasteiger partial charge on any atom is 0.302 e. The van der Waals surface area contributed by atoms with Gasteiger partial charge in [-0.25, -0.2) is 0 Å². The summed E-state index contributed by atoms with van der Waals surface area (Å²) in [4.78, 5) is 24.1. The average molecular weight is 332 g/mol. The van der Waals surface area contributed by atoms with E-state index in [4.69, 9.17) is 11.2 Å². The minimum atomic E-state index is -1.07. The van der Waals surface area contributed by atoms with Crippen LogP contribution in [0.3, 0.4) is 0 Å². The normalized spacial score (nSPS) is 35.2. The fourth-order valence-corrected chi connectivity index (χ4v) is 5.11. The standard InChI is InChI=1S/C20H28O4/c1-7-8-9-14-12(2)16(22)17(23)18-19(4,5)15(24-13(3)21)10-11-20(14,18)6/h1,15,17-18,23H,8-11H2,2-6H3/t15-,17-,18+,20-/m1/s1. The maximum absolute atomic E-state index is 12.6. The topological polar surface area (TPSA) is 63.6 Å². The molecule has 0 spiro atoms. The summed E-state index contributed by atoms with van der Waals surface area (Å²) in [7, 11) is 0. The van der Waals surface area contributed by atoms with E-state index < -0.39 is 11.5 Å². The Morgan fingerprint density at radius 2 is 2.04 bits per heavy atom. The van der Waals surface area contributed by atoms with Crippen molar-refractivity contribution in [2.45, 2.75) is 72.5 Å². The Balaban J connectivity index is 2.52. The van der Waals surface area contributed by atoms with Crippen LogP contribution in [0.5, 0.6) is 0 Å². The number of ketones is 1. The molecule has 24 heavy (non-hydrogen) atoms. The Labute approximate surface area is 144 Å². The van der Waals surface area contributed by atoms with E-state index in [1.165, 1.54) is 6.92 Å². The summed E-state index contributed by atoms with van der Waals surface area (Å²) >= 11 is 0. The second-order valence-corrected chi connectivity index (χ2v) is 7.97. The summed E-state index contributed by atoms with van der Waals surface area (Å²) in [6.07, 6.45) is 6.78. The number of allylic oxidation sites excluding steroid dienone is 1. The van der Waals surface area contributed by atoms with Gasteiger partial charge in [-0.3, -0.25) is 9.59 Å². The zero-order chi connectivity index (χ0) is 18.3. The first kappa shape index (κ1) is 18.7. The molecule has 2 aliphatic carbocycles. The molecule has 4 atom stereocenters. The summed E-state index contributed by atoms with van der Waals surface area (Å²) < 4.78 is 5.52. The first-order chi connectivity index (χ1) is 11.1.